The summed E-state index contributed by atoms with van der Waals surface area (Å²) in [5.41, 5.74) is 8.17. The van der Waals surface area contributed by atoms with Gasteiger partial charge in [-0.2, -0.15) is 0 Å². The SMILES string of the molecule is NCC(Nc1cccc(Cl)c1)c1cccc2ccccc12. The molecule has 0 bridgehead atoms. The minimum absolute atomic E-state index is 0.0505. The lowest BCUT2D eigenvalue weighted by Crippen LogP contribution is -2.20. The molecular formula is C18H17ClN2. The molecule has 3 rings (SSSR count). The zero-order valence-electron chi connectivity index (χ0n) is 11.6. The first kappa shape index (κ1) is 13.9. The molecule has 106 valence electrons. The van der Waals surface area contributed by atoms with E-state index < -0.39 is 0 Å². The lowest BCUT2D eigenvalue weighted by atomic mass is 9.98. The second kappa shape index (κ2) is 6.17. The number of halogens is 1. The van der Waals surface area contributed by atoms with E-state index in [2.05, 4.69) is 41.7 Å². The van der Waals surface area contributed by atoms with Gasteiger partial charge in [0.25, 0.3) is 0 Å². The van der Waals surface area contributed by atoms with Gasteiger partial charge in [-0.25, -0.2) is 0 Å². The molecule has 0 saturated carbocycles. The Morgan fingerprint density at radius 2 is 1.71 bits per heavy atom. The molecule has 0 aromatic heterocycles. The number of fused-ring (bicyclic) bond motifs is 1. The molecule has 3 heteroatoms. The van der Waals surface area contributed by atoms with Crippen LogP contribution in [0.5, 0.6) is 0 Å². The highest BCUT2D eigenvalue weighted by molar-refractivity contribution is 6.30. The van der Waals surface area contributed by atoms with Gasteiger partial charge in [0, 0.05) is 17.3 Å². The first-order valence-corrected chi connectivity index (χ1v) is 7.35. The zero-order valence-corrected chi connectivity index (χ0v) is 12.3. The van der Waals surface area contributed by atoms with Crippen molar-refractivity contribution in [2.75, 3.05) is 11.9 Å². The van der Waals surface area contributed by atoms with Crippen LogP contribution in [-0.4, -0.2) is 6.54 Å². The summed E-state index contributed by atoms with van der Waals surface area (Å²) in [7, 11) is 0. The molecule has 0 radical (unpaired) electrons. The molecular weight excluding hydrogens is 280 g/mol. The third-order valence-electron chi connectivity index (χ3n) is 3.60. The Bertz CT molecular complexity index is 750. The number of hydrogen-bond donors (Lipinski definition) is 2. The molecule has 0 aliphatic heterocycles. The van der Waals surface area contributed by atoms with Crippen LogP contribution in [0.3, 0.4) is 0 Å². The van der Waals surface area contributed by atoms with Crippen LogP contribution in [0.4, 0.5) is 5.69 Å². The monoisotopic (exact) mass is 296 g/mol. The summed E-state index contributed by atoms with van der Waals surface area (Å²) in [4.78, 5) is 0. The quantitative estimate of drug-likeness (QED) is 0.738. The van der Waals surface area contributed by atoms with E-state index in [1.54, 1.807) is 0 Å². The largest absolute Gasteiger partial charge is 0.377 e. The smallest absolute Gasteiger partial charge is 0.0642 e. The summed E-state index contributed by atoms with van der Waals surface area (Å²) < 4.78 is 0. The van der Waals surface area contributed by atoms with Crippen molar-refractivity contribution in [2.24, 2.45) is 5.73 Å². The van der Waals surface area contributed by atoms with E-state index >= 15 is 0 Å². The lowest BCUT2D eigenvalue weighted by Gasteiger charge is -2.20. The van der Waals surface area contributed by atoms with Crippen LogP contribution < -0.4 is 11.1 Å². The number of anilines is 1. The summed E-state index contributed by atoms with van der Waals surface area (Å²) in [6, 6.07) is 22.4. The average molecular weight is 297 g/mol. The molecule has 0 aliphatic carbocycles. The average Bonchev–Trinajstić information content (AvgIpc) is 2.52. The van der Waals surface area contributed by atoms with Crippen molar-refractivity contribution in [3.05, 3.63) is 77.3 Å². The third kappa shape index (κ3) is 3.02. The number of hydrogen-bond acceptors (Lipinski definition) is 2. The fraction of sp³-hybridized carbons (Fsp3) is 0.111. The summed E-state index contributed by atoms with van der Waals surface area (Å²) in [6.07, 6.45) is 0. The highest BCUT2D eigenvalue weighted by Crippen LogP contribution is 2.27. The number of nitrogens with two attached hydrogens (primary N) is 1. The zero-order chi connectivity index (χ0) is 14.7. The van der Waals surface area contributed by atoms with Crippen molar-refractivity contribution >= 4 is 28.1 Å². The second-order valence-electron chi connectivity index (χ2n) is 5.01. The maximum atomic E-state index is 6.04. The van der Waals surface area contributed by atoms with Gasteiger partial charge in [-0.1, -0.05) is 60.1 Å². The fourth-order valence-electron chi connectivity index (χ4n) is 2.60. The van der Waals surface area contributed by atoms with Crippen molar-refractivity contribution in [1.82, 2.24) is 0 Å². The highest BCUT2D eigenvalue weighted by atomic mass is 35.5. The van der Waals surface area contributed by atoms with E-state index in [9.17, 15) is 0 Å². The molecule has 0 aliphatic rings. The maximum absolute atomic E-state index is 6.04. The predicted molar refractivity (Wildman–Crippen MR) is 90.8 cm³/mol. The molecule has 1 atom stereocenters. The molecule has 0 saturated heterocycles. The van der Waals surface area contributed by atoms with Crippen molar-refractivity contribution in [3.63, 3.8) is 0 Å². The van der Waals surface area contributed by atoms with Gasteiger partial charge in [-0.15, -0.1) is 0 Å². The summed E-state index contributed by atoms with van der Waals surface area (Å²) >= 11 is 6.04. The summed E-state index contributed by atoms with van der Waals surface area (Å²) in [5.74, 6) is 0. The Hall–Kier alpha value is -2.03. The van der Waals surface area contributed by atoms with E-state index in [4.69, 9.17) is 17.3 Å². The molecule has 0 spiro atoms. The van der Waals surface area contributed by atoms with Gasteiger partial charge in [0.05, 0.1) is 6.04 Å². The van der Waals surface area contributed by atoms with E-state index in [0.717, 1.165) is 5.69 Å². The minimum Gasteiger partial charge on any atom is -0.377 e. The topological polar surface area (TPSA) is 38.0 Å². The maximum Gasteiger partial charge on any atom is 0.0642 e. The number of rotatable bonds is 4. The molecule has 1 unspecified atom stereocenters. The van der Waals surface area contributed by atoms with Crippen molar-refractivity contribution in [3.8, 4) is 0 Å². The Balaban J connectivity index is 1.98. The minimum atomic E-state index is 0.0505. The molecule has 0 heterocycles. The van der Waals surface area contributed by atoms with Crippen molar-refractivity contribution < 1.29 is 0 Å². The Morgan fingerprint density at radius 1 is 0.952 bits per heavy atom. The van der Waals surface area contributed by atoms with Gasteiger partial charge in [0.2, 0.25) is 0 Å². The first-order valence-electron chi connectivity index (χ1n) is 6.98. The first-order chi connectivity index (χ1) is 10.3. The lowest BCUT2D eigenvalue weighted by molar-refractivity contribution is 0.797. The van der Waals surface area contributed by atoms with Crippen LogP contribution in [0.2, 0.25) is 5.02 Å². The standard InChI is InChI=1S/C18H17ClN2/c19-14-7-4-8-15(11-14)21-18(12-20)17-10-3-6-13-5-1-2-9-16(13)17/h1-11,18,21H,12,20H2. The Morgan fingerprint density at radius 3 is 2.52 bits per heavy atom. The molecule has 2 nitrogen and oxygen atoms in total. The summed E-state index contributed by atoms with van der Waals surface area (Å²) in [5, 5.41) is 6.64. The van der Waals surface area contributed by atoms with Gasteiger partial charge in [0.1, 0.15) is 0 Å². The normalized spacial score (nSPS) is 12.3. The van der Waals surface area contributed by atoms with Gasteiger partial charge in [-0.3, -0.25) is 0 Å². The van der Waals surface area contributed by atoms with Gasteiger partial charge < -0.3 is 11.1 Å². The molecule has 21 heavy (non-hydrogen) atoms. The number of benzene rings is 3. The third-order valence-corrected chi connectivity index (χ3v) is 3.84. The van der Waals surface area contributed by atoms with E-state index in [-0.39, 0.29) is 6.04 Å². The van der Waals surface area contributed by atoms with Crippen LogP contribution in [0.15, 0.2) is 66.7 Å². The Labute approximate surface area is 129 Å². The van der Waals surface area contributed by atoms with Crippen LogP contribution in [-0.2, 0) is 0 Å². The molecule has 0 fully saturated rings. The second-order valence-corrected chi connectivity index (χ2v) is 5.45. The van der Waals surface area contributed by atoms with E-state index in [1.165, 1.54) is 16.3 Å². The van der Waals surface area contributed by atoms with Crippen LogP contribution in [0.25, 0.3) is 10.8 Å². The van der Waals surface area contributed by atoms with E-state index in [1.807, 2.05) is 30.3 Å². The summed E-state index contributed by atoms with van der Waals surface area (Å²) in [6.45, 7) is 0.514. The van der Waals surface area contributed by atoms with Crippen LogP contribution >= 0.6 is 11.6 Å². The molecule has 3 aromatic carbocycles. The molecule has 0 amide bonds. The van der Waals surface area contributed by atoms with Gasteiger partial charge in [-0.05, 0) is 34.5 Å². The van der Waals surface area contributed by atoms with Crippen molar-refractivity contribution in [1.29, 1.82) is 0 Å². The van der Waals surface area contributed by atoms with Crippen LogP contribution in [0, 0.1) is 0 Å². The van der Waals surface area contributed by atoms with Gasteiger partial charge in [0.15, 0.2) is 0 Å². The van der Waals surface area contributed by atoms with Crippen molar-refractivity contribution in [2.45, 2.75) is 6.04 Å². The number of nitrogens with one attached hydrogen (secondary N) is 1. The fourth-order valence-corrected chi connectivity index (χ4v) is 2.79. The van der Waals surface area contributed by atoms with Gasteiger partial charge >= 0.3 is 0 Å². The van der Waals surface area contributed by atoms with Crippen LogP contribution in [0.1, 0.15) is 11.6 Å². The highest BCUT2D eigenvalue weighted by Gasteiger charge is 2.12. The molecule has 3 aromatic rings. The van der Waals surface area contributed by atoms with E-state index in [0.29, 0.717) is 11.6 Å². The predicted octanol–water partition coefficient (Wildman–Crippen LogP) is 4.61. The molecule has 3 N–H and O–H groups in total. The Kier molecular flexibility index (Phi) is 4.09.